The topological polar surface area (TPSA) is 76.9 Å². The Labute approximate surface area is 128 Å². The normalized spacial score (nSPS) is 24.7. The van der Waals surface area contributed by atoms with Crippen LogP contribution in [0, 0.1) is 0 Å². The lowest BCUT2D eigenvalue weighted by atomic mass is 10.1. The van der Waals surface area contributed by atoms with Crippen LogP contribution in [0.1, 0.15) is 10.5 Å². The molecular formula is C14H20N4O4. The first-order chi connectivity index (χ1) is 10.6. The first-order valence-corrected chi connectivity index (χ1v) is 7.27. The maximum Gasteiger partial charge on any atom is 0.274 e. The number of hydrogen-bond acceptors (Lipinski definition) is 5. The molecule has 0 radical (unpaired) electrons. The quantitative estimate of drug-likeness (QED) is 0.722. The average molecular weight is 308 g/mol. The Balaban J connectivity index is 1.71. The van der Waals surface area contributed by atoms with Crippen LogP contribution in [0.2, 0.25) is 0 Å². The van der Waals surface area contributed by atoms with E-state index in [9.17, 15) is 9.59 Å². The van der Waals surface area contributed by atoms with Crippen molar-refractivity contribution in [3.63, 3.8) is 0 Å². The second kappa shape index (κ2) is 6.05. The number of carbonyl (C=O) groups is 2. The number of nitrogens with zero attached hydrogens (tertiary/aromatic N) is 4. The Kier molecular flexibility index (Phi) is 4.12. The van der Waals surface area contributed by atoms with Gasteiger partial charge >= 0.3 is 0 Å². The van der Waals surface area contributed by atoms with Crippen LogP contribution in [0.25, 0.3) is 0 Å². The van der Waals surface area contributed by atoms with E-state index in [0.717, 1.165) is 0 Å². The molecule has 22 heavy (non-hydrogen) atoms. The van der Waals surface area contributed by atoms with Crippen molar-refractivity contribution >= 4 is 11.8 Å². The molecular weight excluding hydrogens is 288 g/mol. The molecule has 2 amide bonds. The summed E-state index contributed by atoms with van der Waals surface area (Å²) < 4.78 is 12.4. The van der Waals surface area contributed by atoms with Gasteiger partial charge in [0.2, 0.25) is 5.91 Å². The predicted octanol–water partition coefficient (Wildman–Crippen LogP) is -0.882. The SMILES string of the molecule is COCCN1C(=O)CO[C@H]2CN(C(=O)c3cn(C)cn3)C[C@@H]21. The highest BCUT2D eigenvalue weighted by Crippen LogP contribution is 2.24. The first-order valence-electron chi connectivity index (χ1n) is 7.27. The minimum absolute atomic E-state index is 0.0505. The molecule has 1 aromatic rings. The van der Waals surface area contributed by atoms with Crippen LogP contribution in [-0.2, 0) is 21.3 Å². The lowest BCUT2D eigenvalue weighted by Gasteiger charge is -2.36. The summed E-state index contributed by atoms with van der Waals surface area (Å²) in [5.41, 5.74) is 0.413. The first kappa shape index (κ1) is 15.0. The van der Waals surface area contributed by atoms with Gasteiger partial charge in [0, 0.05) is 40.0 Å². The van der Waals surface area contributed by atoms with Crippen LogP contribution in [0.3, 0.4) is 0 Å². The van der Waals surface area contributed by atoms with E-state index >= 15 is 0 Å². The van der Waals surface area contributed by atoms with E-state index < -0.39 is 0 Å². The highest BCUT2D eigenvalue weighted by Gasteiger charge is 2.44. The number of hydrogen-bond donors (Lipinski definition) is 0. The molecule has 1 aromatic heterocycles. The van der Waals surface area contributed by atoms with Crippen molar-refractivity contribution in [3.05, 3.63) is 18.2 Å². The maximum absolute atomic E-state index is 12.5. The number of likely N-dealkylation sites (tertiary alicyclic amines) is 1. The van der Waals surface area contributed by atoms with E-state index in [1.165, 1.54) is 0 Å². The number of rotatable bonds is 4. The standard InChI is InChI=1S/C14H20N4O4/c1-16-5-10(15-9-16)14(20)17-6-11-12(7-17)22-8-13(19)18(11)3-4-21-2/h5,9,11-12H,3-4,6-8H2,1-2H3/t11-,12-/m0/s1. The number of aromatic nitrogens is 2. The van der Waals surface area contributed by atoms with Crippen molar-refractivity contribution in [2.24, 2.45) is 7.05 Å². The molecule has 0 unspecified atom stereocenters. The van der Waals surface area contributed by atoms with Crippen molar-refractivity contribution in [3.8, 4) is 0 Å². The molecule has 8 heteroatoms. The molecule has 2 fully saturated rings. The largest absolute Gasteiger partial charge is 0.383 e. The summed E-state index contributed by atoms with van der Waals surface area (Å²) in [7, 11) is 3.43. The lowest BCUT2D eigenvalue weighted by Crippen LogP contribution is -2.54. The molecule has 2 aliphatic rings. The van der Waals surface area contributed by atoms with E-state index in [1.54, 1.807) is 34.0 Å². The Morgan fingerprint density at radius 3 is 3.00 bits per heavy atom. The molecule has 3 heterocycles. The van der Waals surface area contributed by atoms with Gasteiger partial charge < -0.3 is 23.8 Å². The molecule has 0 aromatic carbocycles. The molecule has 8 nitrogen and oxygen atoms in total. The molecule has 0 N–H and O–H groups in total. The van der Waals surface area contributed by atoms with E-state index in [2.05, 4.69) is 4.98 Å². The van der Waals surface area contributed by atoms with Gasteiger partial charge in [0.1, 0.15) is 12.3 Å². The zero-order valence-corrected chi connectivity index (χ0v) is 12.8. The minimum Gasteiger partial charge on any atom is -0.383 e. The maximum atomic E-state index is 12.5. The highest BCUT2D eigenvalue weighted by molar-refractivity contribution is 5.92. The van der Waals surface area contributed by atoms with Crippen molar-refractivity contribution < 1.29 is 19.1 Å². The second-order valence-electron chi connectivity index (χ2n) is 5.63. The second-order valence-corrected chi connectivity index (χ2v) is 5.63. The molecule has 0 saturated carbocycles. The van der Waals surface area contributed by atoms with Gasteiger partial charge in [0.05, 0.1) is 25.1 Å². The summed E-state index contributed by atoms with van der Waals surface area (Å²) in [4.78, 5) is 32.1. The van der Waals surface area contributed by atoms with Crippen LogP contribution in [0.4, 0.5) is 0 Å². The zero-order chi connectivity index (χ0) is 15.7. The number of carbonyl (C=O) groups excluding carboxylic acids is 2. The number of aryl methyl sites for hydroxylation is 1. The van der Waals surface area contributed by atoms with Gasteiger partial charge in [-0.1, -0.05) is 0 Å². The number of amides is 2. The van der Waals surface area contributed by atoms with E-state index in [0.29, 0.717) is 31.9 Å². The van der Waals surface area contributed by atoms with Gasteiger partial charge in [-0.2, -0.15) is 0 Å². The summed E-state index contributed by atoms with van der Waals surface area (Å²) >= 11 is 0. The fourth-order valence-corrected chi connectivity index (χ4v) is 3.00. The van der Waals surface area contributed by atoms with Gasteiger partial charge in [0.15, 0.2) is 0 Å². The molecule has 3 rings (SSSR count). The molecule has 2 saturated heterocycles. The van der Waals surface area contributed by atoms with Gasteiger partial charge in [0.25, 0.3) is 5.91 Å². The summed E-state index contributed by atoms with van der Waals surface area (Å²) in [5.74, 6) is -0.178. The summed E-state index contributed by atoms with van der Waals surface area (Å²) in [5, 5.41) is 0. The van der Waals surface area contributed by atoms with Gasteiger partial charge in [-0.05, 0) is 0 Å². The molecule has 2 aliphatic heterocycles. The molecule has 0 bridgehead atoms. The van der Waals surface area contributed by atoms with E-state index in [-0.39, 0.29) is 30.6 Å². The summed E-state index contributed by atoms with van der Waals surface area (Å²) in [6, 6.07) is -0.107. The number of morpholine rings is 1. The molecule has 0 aliphatic carbocycles. The Morgan fingerprint density at radius 1 is 1.50 bits per heavy atom. The monoisotopic (exact) mass is 308 g/mol. The van der Waals surface area contributed by atoms with Crippen LogP contribution in [0.15, 0.2) is 12.5 Å². The zero-order valence-electron chi connectivity index (χ0n) is 12.8. The highest BCUT2D eigenvalue weighted by atomic mass is 16.5. The van der Waals surface area contributed by atoms with Gasteiger partial charge in [-0.25, -0.2) is 4.98 Å². The van der Waals surface area contributed by atoms with E-state index in [4.69, 9.17) is 9.47 Å². The fraction of sp³-hybridized carbons (Fsp3) is 0.643. The molecule has 2 atom stereocenters. The average Bonchev–Trinajstić information content (AvgIpc) is 3.12. The number of imidazole rings is 1. The van der Waals surface area contributed by atoms with Crippen LogP contribution >= 0.6 is 0 Å². The third-order valence-corrected chi connectivity index (χ3v) is 4.13. The fourth-order valence-electron chi connectivity index (χ4n) is 3.00. The number of ether oxygens (including phenoxy) is 2. The summed E-state index contributed by atoms with van der Waals surface area (Å²) in [6.45, 7) is 2.01. The van der Waals surface area contributed by atoms with Gasteiger partial charge in [-0.15, -0.1) is 0 Å². The Bertz CT molecular complexity index is 573. The smallest absolute Gasteiger partial charge is 0.274 e. The van der Waals surface area contributed by atoms with Crippen LogP contribution in [-0.4, -0.2) is 83.3 Å². The lowest BCUT2D eigenvalue weighted by molar-refractivity contribution is -0.153. The Hall–Kier alpha value is -1.93. The molecule has 120 valence electrons. The van der Waals surface area contributed by atoms with Crippen LogP contribution in [0.5, 0.6) is 0 Å². The predicted molar refractivity (Wildman–Crippen MR) is 76.2 cm³/mol. The summed E-state index contributed by atoms with van der Waals surface area (Å²) in [6.07, 6.45) is 3.16. The number of methoxy groups -OCH3 is 1. The minimum atomic E-state index is -0.137. The number of fused-ring (bicyclic) bond motifs is 1. The van der Waals surface area contributed by atoms with Crippen molar-refractivity contribution in [2.45, 2.75) is 12.1 Å². The molecule has 0 spiro atoms. The van der Waals surface area contributed by atoms with Gasteiger partial charge in [-0.3, -0.25) is 9.59 Å². The Morgan fingerprint density at radius 2 is 2.32 bits per heavy atom. The van der Waals surface area contributed by atoms with Crippen molar-refractivity contribution in [2.75, 3.05) is 40.0 Å². The third kappa shape index (κ3) is 2.71. The van der Waals surface area contributed by atoms with Crippen molar-refractivity contribution in [1.29, 1.82) is 0 Å². The third-order valence-electron chi connectivity index (χ3n) is 4.13. The van der Waals surface area contributed by atoms with Crippen LogP contribution < -0.4 is 0 Å². The van der Waals surface area contributed by atoms with E-state index in [1.807, 2.05) is 7.05 Å². The van der Waals surface area contributed by atoms with Crippen molar-refractivity contribution in [1.82, 2.24) is 19.4 Å².